The Hall–Kier alpha value is -2.64. The van der Waals surface area contributed by atoms with Gasteiger partial charge in [0.15, 0.2) is 0 Å². The summed E-state index contributed by atoms with van der Waals surface area (Å²) in [5.74, 6) is 2.27. The van der Waals surface area contributed by atoms with Gasteiger partial charge >= 0.3 is 0 Å². The van der Waals surface area contributed by atoms with E-state index in [-0.39, 0.29) is 11.8 Å². The van der Waals surface area contributed by atoms with Gasteiger partial charge in [0, 0.05) is 37.3 Å². The minimum atomic E-state index is 0.256. The molecule has 0 aromatic carbocycles. The molecule has 1 amide bonds. The number of carbonyl (C=O) groups excluding carboxylic acids is 1. The predicted molar refractivity (Wildman–Crippen MR) is 112 cm³/mol. The Morgan fingerprint density at radius 1 is 1.10 bits per heavy atom. The SMILES string of the molecule is O=C(NC1CCC(Nc2nccc(-c3cnn4c3NCCCC4)n2)CC1)C1CC1. The molecule has 8 heteroatoms. The van der Waals surface area contributed by atoms with Crippen LogP contribution in [0.5, 0.6) is 0 Å². The molecule has 0 unspecified atom stereocenters. The van der Waals surface area contributed by atoms with Crippen molar-refractivity contribution in [1.82, 2.24) is 25.1 Å². The first kappa shape index (κ1) is 18.4. The van der Waals surface area contributed by atoms with E-state index in [1.165, 1.54) is 0 Å². The maximum absolute atomic E-state index is 12.0. The van der Waals surface area contributed by atoms with Gasteiger partial charge in [-0.25, -0.2) is 14.6 Å². The molecule has 3 heterocycles. The molecule has 2 fully saturated rings. The summed E-state index contributed by atoms with van der Waals surface area (Å²) in [5.41, 5.74) is 1.92. The lowest BCUT2D eigenvalue weighted by atomic mass is 9.91. The van der Waals surface area contributed by atoms with Crippen LogP contribution in [-0.2, 0) is 11.3 Å². The van der Waals surface area contributed by atoms with Gasteiger partial charge < -0.3 is 16.0 Å². The van der Waals surface area contributed by atoms with E-state index in [9.17, 15) is 4.79 Å². The summed E-state index contributed by atoms with van der Waals surface area (Å²) in [6.45, 7) is 1.91. The molecule has 1 aliphatic heterocycles. The lowest BCUT2D eigenvalue weighted by Gasteiger charge is -2.29. The smallest absolute Gasteiger partial charge is 0.223 e. The molecular formula is C21H29N7O. The monoisotopic (exact) mass is 395 g/mol. The normalized spacial score (nSPS) is 24.1. The Balaban J connectivity index is 1.21. The molecule has 2 aliphatic carbocycles. The van der Waals surface area contributed by atoms with Crippen molar-refractivity contribution in [2.24, 2.45) is 5.92 Å². The number of hydrogen-bond donors (Lipinski definition) is 3. The highest BCUT2D eigenvalue weighted by molar-refractivity contribution is 5.81. The van der Waals surface area contributed by atoms with Crippen molar-refractivity contribution < 1.29 is 4.79 Å². The van der Waals surface area contributed by atoms with E-state index < -0.39 is 0 Å². The van der Waals surface area contributed by atoms with Crippen molar-refractivity contribution in [3.05, 3.63) is 18.5 Å². The Labute approximate surface area is 170 Å². The molecule has 2 aromatic rings. The third-order valence-electron chi connectivity index (χ3n) is 6.22. The van der Waals surface area contributed by atoms with E-state index in [0.717, 1.165) is 81.5 Å². The van der Waals surface area contributed by atoms with E-state index in [1.807, 2.05) is 23.1 Å². The fourth-order valence-corrected chi connectivity index (χ4v) is 4.33. The second-order valence-electron chi connectivity index (χ2n) is 8.51. The number of hydrogen-bond acceptors (Lipinski definition) is 6. The maximum atomic E-state index is 12.0. The Morgan fingerprint density at radius 2 is 1.93 bits per heavy atom. The number of fused-ring (bicyclic) bond motifs is 1. The van der Waals surface area contributed by atoms with Crippen LogP contribution < -0.4 is 16.0 Å². The summed E-state index contributed by atoms with van der Waals surface area (Å²) >= 11 is 0. The number of nitrogens with one attached hydrogen (secondary N) is 3. The summed E-state index contributed by atoms with van der Waals surface area (Å²) in [7, 11) is 0. The zero-order valence-corrected chi connectivity index (χ0v) is 16.7. The van der Waals surface area contributed by atoms with E-state index >= 15 is 0 Å². The maximum Gasteiger partial charge on any atom is 0.223 e. The van der Waals surface area contributed by atoms with Crippen LogP contribution in [0.1, 0.15) is 51.4 Å². The molecule has 3 aliphatic rings. The second-order valence-corrected chi connectivity index (χ2v) is 8.51. The third kappa shape index (κ3) is 4.21. The van der Waals surface area contributed by atoms with Crippen LogP contribution in [0.25, 0.3) is 11.3 Å². The van der Waals surface area contributed by atoms with Crippen molar-refractivity contribution in [2.75, 3.05) is 17.2 Å². The number of aromatic nitrogens is 4. The second kappa shape index (κ2) is 8.00. The molecule has 0 radical (unpaired) electrons. The van der Waals surface area contributed by atoms with Gasteiger partial charge in [0.05, 0.1) is 17.5 Å². The molecule has 0 saturated heterocycles. The minimum absolute atomic E-state index is 0.256. The van der Waals surface area contributed by atoms with Crippen LogP contribution in [0.15, 0.2) is 18.5 Å². The Bertz CT molecular complexity index is 868. The summed E-state index contributed by atoms with van der Waals surface area (Å²) in [4.78, 5) is 21.2. The molecule has 0 spiro atoms. The van der Waals surface area contributed by atoms with Gasteiger partial charge in [-0.3, -0.25) is 4.79 Å². The van der Waals surface area contributed by atoms with Gasteiger partial charge in [-0.1, -0.05) is 0 Å². The average Bonchev–Trinajstić information content (AvgIpc) is 3.55. The largest absolute Gasteiger partial charge is 0.370 e. The van der Waals surface area contributed by atoms with Gasteiger partial charge in [-0.15, -0.1) is 0 Å². The van der Waals surface area contributed by atoms with Crippen LogP contribution in [0.2, 0.25) is 0 Å². The first-order valence-corrected chi connectivity index (χ1v) is 11.0. The molecule has 29 heavy (non-hydrogen) atoms. The molecule has 8 nitrogen and oxygen atoms in total. The molecule has 5 rings (SSSR count). The highest BCUT2D eigenvalue weighted by atomic mass is 16.2. The number of rotatable bonds is 5. The lowest BCUT2D eigenvalue weighted by Crippen LogP contribution is -2.40. The van der Waals surface area contributed by atoms with E-state index in [2.05, 4.69) is 26.0 Å². The molecule has 2 aromatic heterocycles. The van der Waals surface area contributed by atoms with Gasteiger partial charge in [-0.2, -0.15) is 5.10 Å². The van der Waals surface area contributed by atoms with Crippen molar-refractivity contribution in [3.8, 4) is 11.3 Å². The summed E-state index contributed by atoms with van der Waals surface area (Å²) in [6, 6.07) is 2.61. The number of carbonyl (C=O) groups is 1. The average molecular weight is 396 g/mol. The van der Waals surface area contributed by atoms with Gasteiger partial charge in [0.25, 0.3) is 0 Å². The molecule has 2 saturated carbocycles. The van der Waals surface area contributed by atoms with Crippen molar-refractivity contribution in [3.63, 3.8) is 0 Å². The first-order chi connectivity index (χ1) is 14.3. The Morgan fingerprint density at radius 3 is 2.76 bits per heavy atom. The molecule has 3 N–H and O–H groups in total. The van der Waals surface area contributed by atoms with E-state index in [4.69, 9.17) is 4.98 Å². The summed E-state index contributed by atoms with van der Waals surface area (Å²) in [6.07, 6.45) is 12.2. The zero-order chi connectivity index (χ0) is 19.6. The highest BCUT2D eigenvalue weighted by Gasteiger charge is 2.32. The highest BCUT2D eigenvalue weighted by Crippen LogP contribution is 2.31. The lowest BCUT2D eigenvalue weighted by molar-refractivity contribution is -0.123. The minimum Gasteiger partial charge on any atom is -0.370 e. The zero-order valence-electron chi connectivity index (χ0n) is 16.7. The standard InChI is InChI=1S/C21H29N7O/c29-20(14-3-4-14)25-15-5-7-16(8-6-15)26-21-23-11-9-18(27-21)17-13-24-28-12-2-1-10-22-19(17)28/h9,11,13-16,22H,1-8,10,12H2,(H,25,29)(H,23,26,27). The van der Waals surface area contributed by atoms with Gasteiger partial charge in [0.1, 0.15) is 5.82 Å². The van der Waals surface area contributed by atoms with Crippen molar-refractivity contribution in [2.45, 2.75) is 70.0 Å². The van der Waals surface area contributed by atoms with Crippen molar-refractivity contribution in [1.29, 1.82) is 0 Å². The summed E-state index contributed by atoms with van der Waals surface area (Å²) < 4.78 is 2.04. The predicted octanol–water partition coefficient (Wildman–Crippen LogP) is 2.80. The van der Waals surface area contributed by atoms with E-state index in [0.29, 0.717) is 18.0 Å². The molecular weight excluding hydrogens is 366 g/mol. The van der Waals surface area contributed by atoms with Crippen LogP contribution in [-0.4, -0.2) is 44.3 Å². The third-order valence-corrected chi connectivity index (χ3v) is 6.22. The summed E-state index contributed by atoms with van der Waals surface area (Å²) in [5, 5.41) is 14.7. The molecule has 154 valence electrons. The topological polar surface area (TPSA) is 96.8 Å². The van der Waals surface area contributed by atoms with Crippen LogP contribution in [0.4, 0.5) is 11.8 Å². The van der Waals surface area contributed by atoms with Gasteiger partial charge in [0.2, 0.25) is 11.9 Å². The van der Waals surface area contributed by atoms with Gasteiger partial charge in [-0.05, 0) is 57.4 Å². The van der Waals surface area contributed by atoms with Crippen LogP contribution >= 0.6 is 0 Å². The van der Waals surface area contributed by atoms with Crippen molar-refractivity contribution >= 4 is 17.7 Å². The number of amides is 1. The fraction of sp³-hybridized carbons (Fsp3) is 0.619. The number of aryl methyl sites for hydroxylation is 1. The quantitative estimate of drug-likeness (QED) is 0.720. The fourth-order valence-electron chi connectivity index (χ4n) is 4.33. The van der Waals surface area contributed by atoms with Crippen LogP contribution in [0, 0.1) is 5.92 Å². The van der Waals surface area contributed by atoms with Crippen LogP contribution in [0.3, 0.4) is 0 Å². The number of nitrogens with zero attached hydrogens (tertiary/aromatic N) is 4. The Kier molecular flexibility index (Phi) is 5.08. The molecule has 0 bridgehead atoms. The van der Waals surface area contributed by atoms with E-state index in [1.54, 1.807) is 0 Å². The first-order valence-electron chi connectivity index (χ1n) is 11.0. The number of anilines is 2. The molecule has 0 atom stereocenters.